The van der Waals surface area contributed by atoms with Gasteiger partial charge in [0.2, 0.25) is 0 Å². The van der Waals surface area contributed by atoms with Crippen molar-refractivity contribution >= 4 is 38.9 Å². The Morgan fingerprint density at radius 2 is 2.11 bits per heavy atom. The van der Waals surface area contributed by atoms with Crippen LogP contribution in [0.5, 0.6) is 0 Å². The minimum absolute atomic E-state index is 0.147. The Labute approximate surface area is 132 Å². The zero-order valence-electron chi connectivity index (χ0n) is 11.0. The van der Waals surface area contributed by atoms with Gasteiger partial charge in [0.1, 0.15) is 0 Å². The third kappa shape index (κ3) is 3.60. The number of hydrogen-bond donors (Lipinski definition) is 1. The van der Waals surface area contributed by atoms with Crippen molar-refractivity contribution < 1.29 is 0 Å². The summed E-state index contributed by atoms with van der Waals surface area (Å²) in [4.78, 5) is 0. The van der Waals surface area contributed by atoms with Crippen LogP contribution in [-0.2, 0) is 0 Å². The minimum atomic E-state index is 0.147. The molecule has 1 atom stereocenters. The van der Waals surface area contributed by atoms with Crippen LogP contribution in [0.3, 0.4) is 0 Å². The summed E-state index contributed by atoms with van der Waals surface area (Å²) in [5.74, 6) is 0. The molecule has 0 bridgehead atoms. The molecule has 102 valence electrons. The smallest absolute Gasteiger partial charge is 0.0610 e. The van der Waals surface area contributed by atoms with E-state index in [-0.39, 0.29) is 6.04 Å². The highest BCUT2D eigenvalue weighted by atomic mass is 79.9. The van der Waals surface area contributed by atoms with Crippen molar-refractivity contribution in [1.29, 1.82) is 0 Å². The van der Waals surface area contributed by atoms with Gasteiger partial charge in [-0.05, 0) is 64.0 Å². The first-order valence-electron chi connectivity index (χ1n) is 6.34. The summed E-state index contributed by atoms with van der Waals surface area (Å²) >= 11 is 11.7. The van der Waals surface area contributed by atoms with Gasteiger partial charge < -0.3 is 5.32 Å². The molecule has 0 saturated heterocycles. The lowest BCUT2D eigenvalue weighted by Gasteiger charge is -2.20. The average Bonchev–Trinajstić information content (AvgIpc) is 2.78. The lowest BCUT2D eigenvalue weighted by atomic mass is 10.00. The number of aryl methyl sites for hydroxylation is 1. The van der Waals surface area contributed by atoms with Gasteiger partial charge in [0, 0.05) is 14.9 Å². The van der Waals surface area contributed by atoms with E-state index in [1.165, 1.54) is 11.1 Å². The number of rotatable bonds is 5. The molecular weight excluding hydrogens is 342 g/mol. The van der Waals surface area contributed by atoms with Gasteiger partial charge in [0.15, 0.2) is 0 Å². The van der Waals surface area contributed by atoms with E-state index in [0.717, 1.165) is 28.0 Å². The van der Waals surface area contributed by atoms with Crippen molar-refractivity contribution in [3.05, 3.63) is 55.1 Å². The number of hydrogen-bond acceptors (Lipinski definition) is 2. The lowest BCUT2D eigenvalue weighted by Crippen LogP contribution is -2.23. The molecule has 1 N–H and O–H groups in total. The van der Waals surface area contributed by atoms with Crippen molar-refractivity contribution in [3.8, 4) is 0 Å². The fraction of sp³-hybridized carbons (Fsp3) is 0.333. The van der Waals surface area contributed by atoms with Gasteiger partial charge in [-0.2, -0.15) is 11.3 Å². The molecule has 0 fully saturated rings. The van der Waals surface area contributed by atoms with Crippen LogP contribution in [0, 0.1) is 6.92 Å². The SMILES string of the molecule is CCCNC(c1ccc(C)cc1Cl)c1cscc1Br. The second-order valence-electron chi connectivity index (χ2n) is 4.59. The Hall–Kier alpha value is -0.350. The van der Waals surface area contributed by atoms with Crippen LogP contribution in [0.4, 0.5) is 0 Å². The maximum absolute atomic E-state index is 6.42. The monoisotopic (exact) mass is 357 g/mol. The standard InChI is InChI=1S/C15H17BrClNS/c1-3-6-18-15(12-8-19-9-13(12)16)11-5-4-10(2)7-14(11)17/h4-5,7-9,15,18H,3,6H2,1-2H3. The van der Waals surface area contributed by atoms with Gasteiger partial charge in [-0.3, -0.25) is 0 Å². The van der Waals surface area contributed by atoms with Crippen LogP contribution in [0.2, 0.25) is 5.02 Å². The molecule has 2 aromatic rings. The molecular formula is C15H17BrClNS. The summed E-state index contributed by atoms with van der Waals surface area (Å²) < 4.78 is 1.14. The number of halogens is 2. The van der Waals surface area contributed by atoms with Crippen LogP contribution in [0.15, 0.2) is 33.4 Å². The molecule has 0 amide bonds. The molecule has 0 spiro atoms. The van der Waals surface area contributed by atoms with Gasteiger partial charge in [-0.25, -0.2) is 0 Å². The molecule has 0 aliphatic heterocycles. The van der Waals surface area contributed by atoms with Crippen LogP contribution < -0.4 is 5.32 Å². The Kier molecular flexibility index (Phi) is 5.46. The van der Waals surface area contributed by atoms with E-state index in [4.69, 9.17) is 11.6 Å². The Morgan fingerprint density at radius 3 is 2.68 bits per heavy atom. The third-order valence-corrected chi connectivity index (χ3v) is 5.10. The summed E-state index contributed by atoms with van der Waals surface area (Å²) in [7, 11) is 0. The summed E-state index contributed by atoms with van der Waals surface area (Å²) in [6, 6.07) is 6.41. The highest BCUT2D eigenvalue weighted by Gasteiger charge is 2.19. The van der Waals surface area contributed by atoms with Gasteiger partial charge in [0.25, 0.3) is 0 Å². The Morgan fingerprint density at radius 1 is 1.32 bits per heavy atom. The van der Waals surface area contributed by atoms with Crippen molar-refractivity contribution in [2.24, 2.45) is 0 Å². The molecule has 0 aliphatic carbocycles. The highest BCUT2D eigenvalue weighted by molar-refractivity contribution is 9.10. The molecule has 1 unspecified atom stereocenters. The number of nitrogens with one attached hydrogen (secondary N) is 1. The van der Waals surface area contributed by atoms with Crippen molar-refractivity contribution in [3.63, 3.8) is 0 Å². The predicted octanol–water partition coefficient (Wildman–Crippen LogP) is 5.56. The molecule has 0 saturated carbocycles. The Balaban J connectivity index is 2.40. The third-order valence-electron chi connectivity index (χ3n) is 3.02. The first-order chi connectivity index (χ1) is 9.13. The zero-order chi connectivity index (χ0) is 13.8. The van der Waals surface area contributed by atoms with E-state index in [1.807, 2.05) is 6.07 Å². The predicted molar refractivity (Wildman–Crippen MR) is 88.3 cm³/mol. The number of thiophene rings is 1. The van der Waals surface area contributed by atoms with Crippen molar-refractivity contribution in [2.75, 3.05) is 6.54 Å². The van der Waals surface area contributed by atoms with Gasteiger partial charge in [0.05, 0.1) is 6.04 Å². The molecule has 1 aromatic carbocycles. The quantitative estimate of drug-likeness (QED) is 0.737. The fourth-order valence-corrected chi connectivity index (χ4v) is 3.94. The molecule has 0 radical (unpaired) electrons. The second kappa shape index (κ2) is 6.89. The highest BCUT2D eigenvalue weighted by Crippen LogP contribution is 2.35. The van der Waals surface area contributed by atoms with Gasteiger partial charge in [-0.15, -0.1) is 0 Å². The summed E-state index contributed by atoms with van der Waals surface area (Å²) in [5, 5.41) is 8.69. The van der Waals surface area contributed by atoms with Crippen LogP contribution in [0.25, 0.3) is 0 Å². The van der Waals surface area contributed by atoms with E-state index < -0.39 is 0 Å². The summed E-state index contributed by atoms with van der Waals surface area (Å²) in [6.45, 7) is 5.20. The maximum atomic E-state index is 6.42. The van der Waals surface area contributed by atoms with Gasteiger partial charge >= 0.3 is 0 Å². The van der Waals surface area contributed by atoms with E-state index in [9.17, 15) is 0 Å². The summed E-state index contributed by atoms with van der Waals surface area (Å²) in [6.07, 6.45) is 1.10. The average molecular weight is 359 g/mol. The van der Waals surface area contributed by atoms with Crippen molar-refractivity contribution in [1.82, 2.24) is 5.32 Å². The Bertz CT molecular complexity index is 553. The molecule has 2 rings (SSSR count). The normalized spacial score (nSPS) is 12.6. The van der Waals surface area contributed by atoms with E-state index in [0.29, 0.717) is 0 Å². The fourth-order valence-electron chi connectivity index (χ4n) is 2.04. The molecule has 1 heterocycles. The van der Waals surface area contributed by atoms with E-state index >= 15 is 0 Å². The largest absolute Gasteiger partial charge is 0.306 e. The molecule has 19 heavy (non-hydrogen) atoms. The number of benzene rings is 1. The maximum Gasteiger partial charge on any atom is 0.0610 e. The molecule has 0 aliphatic rings. The van der Waals surface area contributed by atoms with Crippen molar-refractivity contribution in [2.45, 2.75) is 26.3 Å². The van der Waals surface area contributed by atoms with Crippen LogP contribution >= 0.6 is 38.9 Å². The molecule has 1 nitrogen and oxygen atoms in total. The second-order valence-corrected chi connectivity index (χ2v) is 6.59. The zero-order valence-corrected chi connectivity index (χ0v) is 14.2. The lowest BCUT2D eigenvalue weighted by molar-refractivity contribution is 0.598. The van der Waals surface area contributed by atoms with Crippen LogP contribution in [0.1, 0.15) is 36.1 Å². The van der Waals surface area contributed by atoms with E-state index in [2.05, 4.69) is 58.0 Å². The van der Waals surface area contributed by atoms with Gasteiger partial charge in [-0.1, -0.05) is 30.7 Å². The molecule has 4 heteroatoms. The van der Waals surface area contributed by atoms with E-state index in [1.54, 1.807) is 11.3 Å². The first kappa shape index (κ1) is 15.0. The molecule has 1 aromatic heterocycles. The topological polar surface area (TPSA) is 12.0 Å². The first-order valence-corrected chi connectivity index (χ1v) is 8.46. The van der Waals surface area contributed by atoms with Crippen LogP contribution in [-0.4, -0.2) is 6.54 Å². The summed E-state index contributed by atoms with van der Waals surface area (Å²) in [5.41, 5.74) is 3.58. The minimum Gasteiger partial charge on any atom is -0.306 e.